The van der Waals surface area contributed by atoms with Crippen LogP contribution in [0.3, 0.4) is 0 Å². The van der Waals surface area contributed by atoms with E-state index in [0.717, 1.165) is 52.5 Å². The number of carbonyl (C=O) groups excluding carboxylic acids is 2. The molecule has 0 spiro atoms. The van der Waals surface area contributed by atoms with Crippen LogP contribution in [0.2, 0.25) is 0 Å². The van der Waals surface area contributed by atoms with Crippen molar-refractivity contribution in [2.45, 2.75) is 19.8 Å². The van der Waals surface area contributed by atoms with E-state index in [1.54, 1.807) is 24.3 Å². The molecule has 6 rings (SSSR count). The van der Waals surface area contributed by atoms with Crippen molar-refractivity contribution in [3.8, 4) is 0 Å². The van der Waals surface area contributed by atoms with Crippen molar-refractivity contribution in [1.82, 2.24) is 0 Å². The summed E-state index contributed by atoms with van der Waals surface area (Å²) in [6, 6.07) is 34.5. The van der Waals surface area contributed by atoms with Gasteiger partial charge >= 0.3 is 0 Å². The largest absolute Gasteiger partial charge is 0.310 e. The highest BCUT2D eigenvalue weighted by atomic mass is 16.1. The number of nitrogens with zero attached hydrogens (tertiary/aromatic N) is 1. The lowest BCUT2D eigenvalue weighted by atomic mass is 9.98. The van der Waals surface area contributed by atoms with Crippen molar-refractivity contribution >= 4 is 51.1 Å². The van der Waals surface area contributed by atoms with Crippen LogP contribution in [-0.2, 0) is 0 Å². The molecule has 1 aliphatic rings. The third kappa shape index (κ3) is 6.13. The molecule has 1 aliphatic carbocycles. The van der Waals surface area contributed by atoms with Gasteiger partial charge in [-0.05, 0) is 101 Å². The molecule has 3 heteroatoms. The van der Waals surface area contributed by atoms with Crippen molar-refractivity contribution in [2.75, 3.05) is 4.90 Å². The molecular formula is C41H33NO2. The number of aldehydes is 1. The van der Waals surface area contributed by atoms with E-state index in [1.807, 2.05) is 49.4 Å². The van der Waals surface area contributed by atoms with E-state index in [9.17, 15) is 9.59 Å². The number of fused-ring (bicyclic) bond motifs is 2. The number of benzene rings is 5. The van der Waals surface area contributed by atoms with Gasteiger partial charge in [0.1, 0.15) is 0 Å². The molecule has 214 valence electrons. The summed E-state index contributed by atoms with van der Waals surface area (Å²) < 4.78 is 0. The molecule has 0 saturated carbocycles. The zero-order chi connectivity index (χ0) is 30.3. The molecule has 0 bridgehead atoms. The Kier molecular flexibility index (Phi) is 8.56. The fraction of sp³-hybridized carbons (Fsp3) is 0.0732. The molecule has 0 fully saturated rings. The molecule has 0 saturated heterocycles. The summed E-state index contributed by atoms with van der Waals surface area (Å²) in [4.78, 5) is 27.3. The van der Waals surface area contributed by atoms with Crippen molar-refractivity contribution in [3.05, 3.63) is 174 Å². The second kappa shape index (κ2) is 13.2. The Bertz CT molecular complexity index is 2000. The van der Waals surface area contributed by atoms with Gasteiger partial charge in [-0.3, -0.25) is 9.59 Å². The van der Waals surface area contributed by atoms with E-state index >= 15 is 0 Å². The molecular weight excluding hydrogens is 538 g/mol. The first-order chi connectivity index (χ1) is 21.6. The molecule has 0 aromatic heterocycles. The van der Waals surface area contributed by atoms with Crippen molar-refractivity contribution in [1.29, 1.82) is 0 Å². The number of ketones is 1. The van der Waals surface area contributed by atoms with Crippen molar-refractivity contribution < 1.29 is 9.59 Å². The minimum absolute atomic E-state index is 0.199. The summed E-state index contributed by atoms with van der Waals surface area (Å²) in [6.07, 6.45) is 18.9. The fourth-order valence-electron chi connectivity index (χ4n) is 5.65. The summed E-state index contributed by atoms with van der Waals surface area (Å²) in [7, 11) is 0. The van der Waals surface area contributed by atoms with Gasteiger partial charge in [0.15, 0.2) is 12.1 Å². The van der Waals surface area contributed by atoms with Gasteiger partial charge in [0.05, 0.1) is 0 Å². The topological polar surface area (TPSA) is 37.4 Å². The lowest BCUT2D eigenvalue weighted by Crippen LogP contribution is -2.18. The van der Waals surface area contributed by atoms with E-state index in [-0.39, 0.29) is 5.78 Å². The number of anilines is 2. The summed E-state index contributed by atoms with van der Waals surface area (Å²) in [5, 5.41) is 4.25. The van der Waals surface area contributed by atoms with Crippen LogP contribution in [0.4, 0.5) is 11.4 Å². The Hall–Kier alpha value is -5.54. The summed E-state index contributed by atoms with van der Waals surface area (Å²) >= 11 is 0. The molecule has 5 aromatic rings. The molecule has 44 heavy (non-hydrogen) atoms. The second-order valence-corrected chi connectivity index (χ2v) is 10.8. The second-order valence-electron chi connectivity index (χ2n) is 10.8. The Morgan fingerprint density at radius 1 is 0.727 bits per heavy atom. The molecule has 0 radical (unpaired) electrons. The van der Waals surface area contributed by atoms with Crippen molar-refractivity contribution in [3.63, 3.8) is 0 Å². The first-order valence-corrected chi connectivity index (χ1v) is 14.9. The van der Waals surface area contributed by atoms with E-state index < -0.39 is 0 Å². The van der Waals surface area contributed by atoms with Gasteiger partial charge in [-0.15, -0.1) is 0 Å². The highest BCUT2D eigenvalue weighted by Crippen LogP contribution is 2.36. The summed E-state index contributed by atoms with van der Waals surface area (Å²) in [6.45, 7) is 2.02. The highest BCUT2D eigenvalue weighted by Gasteiger charge is 2.18. The van der Waals surface area contributed by atoms with Crippen LogP contribution in [0.25, 0.3) is 27.6 Å². The number of hydrogen-bond acceptors (Lipinski definition) is 3. The van der Waals surface area contributed by atoms with Crippen LogP contribution in [-0.4, -0.2) is 12.1 Å². The predicted molar refractivity (Wildman–Crippen MR) is 185 cm³/mol. The number of allylic oxidation sites excluding steroid dienone is 8. The maximum atomic E-state index is 13.2. The standard InChI is InChI=1S/C41H33NO2/c1-2-3-4-12-32-13-9-10-17-40(32)42(38-24-21-31-11-5-6-15-34(31)27-38)37-22-18-30(19-23-37)20-25-41(44)39-28-35-16-8-7-14-33(35)26-36(39)29-43/h2-8,10-12,14-29H,9,13H2,1H3/b3-2-,12-4-,25-20?. The Labute approximate surface area is 258 Å². The fourth-order valence-corrected chi connectivity index (χ4v) is 5.65. The minimum atomic E-state index is -0.199. The van der Waals surface area contributed by atoms with Gasteiger partial charge in [-0.2, -0.15) is 0 Å². The number of rotatable bonds is 9. The van der Waals surface area contributed by atoms with Crippen LogP contribution in [0.1, 0.15) is 46.0 Å². The average molecular weight is 572 g/mol. The molecule has 0 heterocycles. The Morgan fingerprint density at radius 2 is 1.41 bits per heavy atom. The van der Waals surface area contributed by atoms with Crippen molar-refractivity contribution in [2.24, 2.45) is 0 Å². The molecule has 0 atom stereocenters. The summed E-state index contributed by atoms with van der Waals surface area (Å²) in [5.41, 5.74) is 6.23. The Balaban J connectivity index is 1.35. The van der Waals surface area contributed by atoms with Crippen LogP contribution in [0.5, 0.6) is 0 Å². The van der Waals surface area contributed by atoms with E-state index in [1.165, 1.54) is 16.3 Å². The SMILES string of the molecule is C/C=C\C=C/C1=C(N(c2ccc(C=CC(=O)c3cc4ccccc4cc3C=O)cc2)c2ccc3ccccc3c2)C=CCC1. The third-order valence-electron chi connectivity index (χ3n) is 7.91. The first-order valence-electron chi connectivity index (χ1n) is 14.9. The highest BCUT2D eigenvalue weighted by molar-refractivity contribution is 6.13. The van der Waals surface area contributed by atoms with Gasteiger partial charge < -0.3 is 4.90 Å². The van der Waals surface area contributed by atoms with Crippen LogP contribution in [0.15, 0.2) is 157 Å². The van der Waals surface area contributed by atoms with Gasteiger partial charge in [0.25, 0.3) is 0 Å². The zero-order valence-corrected chi connectivity index (χ0v) is 24.7. The predicted octanol–water partition coefficient (Wildman–Crippen LogP) is 10.6. The maximum absolute atomic E-state index is 13.2. The zero-order valence-electron chi connectivity index (χ0n) is 24.7. The number of carbonyl (C=O) groups is 2. The lowest BCUT2D eigenvalue weighted by Gasteiger charge is -2.30. The smallest absolute Gasteiger partial charge is 0.186 e. The monoisotopic (exact) mass is 571 g/mol. The van der Waals surface area contributed by atoms with Crippen LogP contribution in [0, 0.1) is 0 Å². The Morgan fingerprint density at radius 3 is 2.14 bits per heavy atom. The van der Waals surface area contributed by atoms with Gasteiger partial charge in [0, 0.05) is 28.2 Å². The molecule has 0 unspecified atom stereocenters. The third-order valence-corrected chi connectivity index (χ3v) is 7.91. The first kappa shape index (κ1) is 28.6. The normalized spacial score (nSPS) is 13.6. The van der Waals surface area contributed by atoms with Crippen LogP contribution >= 0.6 is 0 Å². The van der Waals surface area contributed by atoms with E-state index in [2.05, 4.69) is 89.9 Å². The molecule has 0 amide bonds. The lowest BCUT2D eigenvalue weighted by molar-refractivity contribution is 0.103. The summed E-state index contributed by atoms with van der Waals surface area (Å²) in [5.74, 6) is -0.199. The van der Waals surface area contributed by atoms with Crippen LogP contribution < -0.4 is 4.90 Å². The van der Waals surface area contributed by atoms with Gasteiger partial charge in [-0.1, -0.05) is 103 Å². The molecule has 5 aromatic carbocycles. The molecule has 3 nitrogen and oxygen atoms in total. The van der Waals surface area contributed by atoms with E-state index in [4.69, 9.17) is 0 Å². The van der Waals surface area contributed by atoms with E-state index in [0.29, 0.717) is 11.1 Å². The van der Waals surface area contributed by atoms with Gasteiger partial charge in [-0.25, -0.2) is 0 Å². The quantitative estimate of drug-likeness (QED) is 0.0764. The molecule has 0 aliphatic heterocycles. The average Bonchev–Trinajstić information content (AvgIpc) is 3.08. The van der Waals surface area contributed by atoms with Gasteiger partial charge in [0.2, 0.25) is 0 Å². The number of hydrogen-bond donors (Lipinski definition) is 0. The molecule has 0 N–H and O–H groups in total. The minimum Gasteiger partial charge on any atom is -0.310 e. The maximum Gasteiger partial charge on any atom is 0.186 e.